The van der Waals surface area contributed by atoms with Crippen molar-refractivity contribution in [2.24, 2.45) is 0 Å². The summed E-state index contributed by atoms with van der Waals surface area (Å²) >= 11 is 3.70. The van der Waals surface area contributed by atoms with Crippen LogP contribution in [0.2, 0.25) is 0 Å². The van der Waals surface area contributed by atoms with Crippen LogP contribution in [0.5, 0.6) is 0 Å². The van der Waals surface area contributed by atoms with Gasteiger partial charge in [0.2, 0.25) is 0 Å². The molecule has 1 aromatic carbocycles. The van der Waals surface area contributed by atoms with Crippen LogP contribution in [0.25, 0.3) is 10.1 Å². The number of carbonyl (C=O) groups is 1. The lowest BCUT2D eigenvalue weighted by atomic mass is 10.1. The Hall–Kier alpha value is -0.620. The van der Waals surface area contributed by atoms with Crippen molar-refractivity contribution in [2.45, 2.75) is 0 Å². The number of hydrogen-bond acceptors (Lipinski definition) is 3. The number of aldehydes is 1. The standard InChI is InChI=1S/C9H6INOS/c10-9-6(4-12)5-1-2-13-8(5)3-7(9)11/h1-4H,11H2. The highest BCUT2D eigenvalue weighted by molar-refractivity contribution is 14.1. The van der Waals surface area contributed by atoms with E-state index < -0.39 is 0 Å². The molecule has 0 spiro atoms. The number of hydrogen-bond donors (Lipinski definition) is 1. The first-order valence-corrected chi connectivity index (χ1v) is 5.60. The van der Waals surface area contributed by atoms with E-state index in [1.54, 1.807) is 11.3 Å². The van der Waals surface area contributed by atoms with Gasteiger partial charge in [-0.1, -0.05) is 0 Å². The van der Waals surface area contributed by atoms with Crippen LogP contribution in [0.3, 0.4) is 0 Å². The molecule has 4 heteroatoms. The third-order valence-corrected chi connectivity index (χ3v) is 3.95. The predicted octanol–water partition coefficient (Wildman–Crippen LogP) is 2.90. The molecular weight excluding hydrogens is 297 g/mol. The van der Waals surface area contributed by atoms with Crippen LogP contribution in [0.1, 0.15) is 10.4 Å². The predicted molar refractivity (Wildman–Crippen MR) is 64.3 cm³/mol. The molecule has 1 heterocycles. The summed E-state index contributed by atoms with van der Waals surface area (Å²) in [6, 6.07) is 3.86. The van der Waals surface area contributed by atoms with Gasteiger partial charge in [-0.2, -0.15) is 0 Å². The second-order valence-corrected chi connectivity index (χ2v) is 4.67. The number of rotatable bonds is 1. The summed E-state index contributed by atoms with van der Waals surface area (Å²) in [6.45, 7) is 0. The summed E-state index contributed by atoms with van der Waals surface area (Å²) in [6.07, 6.45) is 0.868. The molecular formula is C9H6INOS. The summed E-state index contributed by atoms with van der Waals surface area (Å²) in [5.74, 6) is 0. The summed E-state index contributed by atoms with van der Waals surface area (Å²) < 4.78 is 1.92. The number of benzene rings is 1. The molecule has 0 aliphatic carbocycles. The van der Waals surface area contributed by atoms with Gasteiger partial charge in [0.25, 0.3) is 0 Å². The Morgan fingerprint density at radius 1 is 1.54 bits per heavy atom. The summed E-state index contributed by atoms with van der Waals surface area (Å²) in [5, 5.41) is 2.96. The van der Waals surface area contributed by atoms with E-state index in [0.29, 0.717) is 11.3 Å². The van der Waals surface area contributed by atoms with Crippen molar-refractivity contribution >= 4 is 56.0 Å². The fraction of sp³-hybridized carbons (Fsp3) is 0. The van der Waals surface area contributed by atoms with Crippen molar-refractivity contribution in [1.82, 2.24) is 0 Å². The van der Waals surface area contributed by atoms with Crippen LogP contribution in [0.15, 0.2) is 17.5 Å². The zero-order chi connectivity index (χ0) is 9.42. The first kappa shape index (κ1) is 8.96. The highest BCUT2D eigenvalue weighted by atomic mass is 127. The van der Waals surface area contributed by atoms with Gasteiger partial charge in [0.15, 0.2) is 6.29 Å². The van der Waals surface area contributed by atoms with Crippen LogP contribution in [-0.2, 0) is 0 Å². The molecule has 0 fully saturated rings. The highest BCUT2D eigenvalue weighted by Crippen LogP contribution is 2.30. The lowest BCUT2D eigenvalue weighted by Gasteiger charge is -2.02. The number of fused-ring (bicyclic) bond motifs is 1. The molecule has 0 radical (unpaired) electrons. The SMILES string of the molecule is Nc1cc2sccc2c(C=O)c1I. The van der Waals surface area contributed by atoms with Crippen LogP contribution >= 0.6 is 33.9 Å². The fourth-order valence-electron chi connectivity index (χ4n) is 1.25. The minimum Gasteiger partial charge on any atom is -0.398 e. The van der Waals surface area contributed by atoms with Crippen molar-refractivity contribution in [3.63, 3.8) is 0 Å². The molecule has 66 valence electrons. The maximum atomic E-state index is 10.8. The number of nitrogens with two attached hydrogens (primary N) is 1. The van der Waals surface area contributed by atoms with Gasteiger partial charge in [-0.25, -0.2) is 0 Å². The van der Waals surface area contributed by atoms with Gasteiger partial charge in [0.05, 0.1) is 0 Å². The summed E-state index contributed by atoms with van der Waals surface area (Å²) in [4.78, 5) is 10.8. The molecule has 0 unspecified atom stereocenters. The maximum Gasteiger partial charge on any atom is 0.151 e. The minimum atomic E-state index is 0.678. The van der Waals surface area contributed by atoms with E-state index in [-0.39, 0.29) is 0 Å². The molecule has 13 heavy (non-hydrogen) atoms. The first-order chi connectivity index (χ1) is 6.24. The van der Waals surface area contributed by atoms with Gasteiger partial charge in [0.1, 0.15) is 0 Å². The van der Waals surface area contributed by atoms with Gasteiger partial charge in [-0.05, 0) is 40.1 Å². The molecule has 0 saturated heterocycles. The average molecular weight is 303 g/mol. The topological polar surface area (TPSA) is 43.1 Å². The van der Waals surface area contributed by atoms with Crippen molar-refractivity contribution in [3.8, 4) is 0 Å². The fourth-order valence-corrected chi connectivity index (χ4v) is 2.67. The third kappa shape index (κ3) is 1.34. The smallest absolute Gasteiger partial charge is 0.151 e. The van der Waals surface area contributed by atoms with Crippen LogP contribution < -0.4 is 5.73 Å². The quantitative estimate of drug-likeness (QED) is 0.500. The number of halogens is 1. The van der Waals surface area contributed by atoms with Crippen LogP contribution in [0, 0.1) is 3.57 Å². The molecule has 0 atom stereocenters. The molecule has 1 aromatic heterocycles. The first-order valence-electron chi connectivity index (χ1n) is 3.64. The van der Waals surface area contributed by atoms with Gasteiger partial charge in [-0.15, -0.1) is 11.3 Å². The second kappa shape index (κ2) is 3.26. The Labute approximate surface area is 92.9 Å². The van der Waals surface area contributed by atoms with E-state index in [4.69, 9.17) is 5.73 Å². The molecule has 0 amide bonds. The second-order valence-electron chi connectivity index (χ2n) is 2.64. The Morgan fingerprint density at radius 2 is 2.31 bits per heavy atom. The van der Waals surface area contributed by atoms with Gasteiger partial charge < -0.3 is 5.73 Å². The van der Waals surface area contributed by atoms with Gasteiger partial charge in [-0.3, -0.25) is 4.79 Å². The maximum absolute atomic E-state index is 10.8. The average Bonchev–Trinajstić information content (AvgIpc) is 2.54. The lowest BCUT2D eigenvalue weighted by molar-refractivity contribution is 0.112. The lowest BCUT2D eigenvalue weighted by Crippen LogP contribution is -1.94. The van der Waals surface area contributed by atoms with Crippen molar-refractivity contribution in [3.05, 3.63) is 26.6 Å². The van der Waals surface area contributed by atoms with Crippen LogP contribution in [0.4, 0.5) is 5.69 Å². The van der Waals surface area contributed by atoms with E-state index in [0.717, 1.165) is 19.9 Å². The molecule has 2 rings (SSSR count). The normalized spacial score (nSPS) is 10.5. The van der Waals surface area contributed by atoms with E-state index in [1.165, 1.54) is 0 Å². The molecule has 2 nitrogen and oxygen atoms in total. The summed E-state index contributed by atoms with van der Waals surface area (Å²) in [5.41, 5.74) is 7.15. The molecule has 0 bridgehead atoms. The van der Waals surface area contributed by atoms with Gasteiger partial charge in [0, 0.05) is 24.9 Å². The zero-order valence-electron chi connectivity index (χ0n) is 6.58. The number of anilines is 1. The molecule has 0 aliphatic rings. The van der Waals surface area contributed by atoms with Crippen molar-refractivity contribution in [1.29, 1.82) is 0 Å². The minimum absolute atomic E-state index is 0.678. The van der Waals surface area contributed by atoms with Gasteiger partial charge >= 0.3 is 0 Å². The molecule has 0 saturated carbocycles. The Morgan fingerprint density at radius 3 is 3.00 bits per heavy atom. The molecule has 0 aliphatic heterocycles. The molecule has 2 N–H and O–H groups in total. The van der Waals surface area contributed by atoms with E-state index in [9.17, 15) is 4.79 Å². The zero-order valence-corrected chi connectivity index (χ0v) is 9.56. The number of thiophene rings is 1. The van der Waals surface area contributed by atoms with Crippen LogP contribution in [-0.4, -0.2) is 6.29 Å². The monoisotopic (exact) mass is 303 g/mol. The Bertz CT molecular complexity index is 478. The highest BCUT2D eigenvalue weighted by Gasteiger charge is 2.08. The Kier molecular flexibility index (Phi) is 2.25. The van der Waals surface area contributed by atoms with E-state index >= 15 is 0 Å². The number of carbonyl (C=O) groups excluding carboxylic acids is 1. The number of nitrogen functional groups attached to an aromatic ring is 1. The third-order valence-electron chi connectivity index (χ3n) is 1.88. The summed E-state index contributed by atoms with van der Waals surface area (Å²) in [7, 11) is 0. The Balaban J connectivity index is 2.95. The molecule has 2 aromatic rings. The van der Waals surface area contributed by atoms with E-state index in [2.05, 4.69) is 22.6 Å². The van der Waals surface area contributed by atoms with Crippen molar-refractivity contribution in [2.75, 3.05) is 5.73 Å². The van der Waals surface area contributed by atoms with E-state index in [1.807, 2.05) is 17.5 Å². The van der Waals surface area contributed by atoms with Crippen molar-refractivity contribution < 1.29 is 4.79 Å². The largest absolute Gasteiger partial charge is 0.398 e.